The predicted molar refractivity (Wildman–Crippen MR) is 103 cm³/mol. The van der Waals surface area contributed by atoms with Gasteiger partial charge in [0.15, 0.2) is 16.8 Å². The minimum Gasteiger partial charge on any atom is -0.396 e. The highest BCUT2D eigenvalue weighted by atomic mass is 35.5. The van der Waals surface area contributed by atoms with Crippen LogP contribution in [0.4, 0.5) is 0 Å². The molecule has 4 aromatic rings. The first-order valence-corrected chi connectivity index (χ1v) is 9.01. The van der Waals surface area contributed by atoms with Crippen LogP contribution in [0.5, 0.6) is 0 Å². The number of halogens is 1. The van der Waals surface area contributed by atoms with Crippen molar-refractivity contribution in [2.75, 3.05) is 13.7 Å². The Balaban J connectivity index is 1.96. The number of methoxy groups -OCH3 is 1. The summed E-state index contributed by atoms with van der Waals surface area (Å²) >= 11 is 6.00. The van der Waals surface area contributed by atoms with Gasteiger partial charge in [0.1, 0.15) is 6.33 Å². The van der Waals surface area contributed by atoms with E-state index in [1.807, 2.05) is 12.1 Å². The highest BCUT2D eigenvalue weighted by Gasteiger charge is 2.20. The molecular weight excluding hydrogens is 384 g/mol. The molecule has 0 unspecified atom stereocenters. The van der Waals surface area contributed by atoms with Crippen LogP contribution in [0, 0.1) is 0 Å². The molecule has 0 radical (unpaired) electrons. The fourth-order valence-electron chi connectivity index (χ4n) is 3.05. The fraction of sp³-hybridized carbons (Fsp3) is 0.278. The molecule has 1 aromatic carbocycles. The van der Waals surface area contributed by atoms with Crippen molar-refractivity contribution in [3.8, 4) is 11.1 Å². The summed E-state index contributed by atoms with van der Waals surface area (Å²) in [6.45, 7) is 0.595. The van der Waals surface area contributed by atoms with E-state index in [2.05, 4.69) is 20.3 Å². The van der Waals surface area contributed by atoms with Crippen molar-refractivity contribution < 1.29 is 9.84 Å². The maximum Gasteiger partial charge on any atom is 0.283 e. The third kappa shape index (κ3) is 3.13. The highest BCUT2D eigenvalue weighted by molar-refractivity contribution is 6.30. The summed E-state index contributed by atoms with van der Waals surface area (Å²) in [5.74, 6) is 0. The Hall–Kier alpha value is -2.88. The number of aliphatic hydroxyl groups excluding tert-OH is 1. The summed E-state index contributed by atoms with van der Waals surface area (Å²) < 4.78 is 8.20. The van der Waals surface area contributed by atoms with Gasteiger partial charge in [0.05, 0.1) is 17.9 Å². The Morgan fingerprint density at radius 1 is 1.18 bits per heavy atom. The summed E-state index contributed by atoms with van der Waals surface area (Å²) in [5, 5.41) is 22.5. The highest BCUT2D eigenvalue weighted by Crippen LogP contribution is 2.29. The summed E-state index contributed by atoms with van der Waals surface area (Å²) in [5.41, 5.74) is 2.83. The van der Waals surface area contributed by atoms with Crippen molar-refractivity contribution in [3.05, 3.63) is 51.7 Å². The molecule has 0 atom stereocenters. The van der Waals surface area contributed by atoms with E-state index in [0.717, 1.165) is 11.1 Å². The van der Waals surface area contributed by atoms with Crippen LogP contribution in [0.15, 0.2) is 35.4 Å². The first-order valence-electron chi connectivity index (χ1n) is 8.63. The van der Waals surface area contributed by atoms with Crippen molar-refractivity contribution in [2.45, 2.75) is 19.6 Å². The minimum absolute atomic E-state index is 0.0147. The van der Waals surface area contributed by atoms with Crippen LogP contribution in [0.3, 0.4) is 0 Å². The van der Waals surface area contributed by atoms with Gasteiger partial charge in [0, 0.05) is 25.3 Å². The van der Waals surface area contributed by atoms with Crippen molar-refractivity contribution in [2.24, 2.45) is 0 Å². The van der Waals surface area contributed by atoms with Crippen LogP contribution in [-0.4, -0.2) is 48.2 Å². The molecule has 0 saturated carbocycles. The van der Waals surface area contributed by atoms with Crippen molar-refractivity contribution in [1.29, 1.82) is 0 Å². The van der Waals surface area contributed by atoms with Gasteiger partial charge in [-0.1, -0.05) is 23.7 Å². The van der Waals surface area contributed by atoms with Gasteiger partial charge >= 0.3 is 0 Å². The number of rotatable bonds is 6. The second-order valence-electron chi connectivity index (χ2n) is 6.19. The average molecular weight is 401 g/mol. The summed E-state index contributed by atoms with van der Waals surface area (Å²) in [4.78, 5) is 17.0. The van der Waals surface area contributed by atoms with Crippen LogP contribution in [0.1, 0.15) is 12.1 Å². The van der Waals surface area contributed by atoms with Crippen LogP contribution in [-0.2, 0) is 17.9 Å². The number of ether oxygens (including phenoxy) is 1. The smallest absolute Gasteiger partial charge is 0.283 e. The largest absolute Gasteiger partial charge is 0.396 e. The zero-order valence-electron chi connectivity index (χ0n) is 15.0. The molecule has 0 spiro atoms. The number of hydrogen-bond acceptors (Lipinski definition) is 7. The molecule has 0 aliphatic heterocycles. The maximum absolute atomic E-state index is 12.7. The van der Waals surface area contributed by atoms with Crippen LogP contribution in [0.2, 0.25) is 5.02 Å². The Bertz CT molecular complexity index is 1200. The van der Waals surface area contributed by atoms with Crippen LogP contribution < -0.4 is 5.56 Å². The lowest BCUT2D eigenvalue weighted by atomic mass is 10.1. The van der Waals surface area contributed by atoms with Gasteiger partial charge in [-0.3, -0.25) is 9.36 Å². The Kier molecular flexibility index (Phi) is 5.03. The van der Waals surface area contributed by atoms with E-state index in [-0.39, 0.29) is 24.3 Å². The minimum atomic E-state index is -0.329. The Labute approximate surface area is 164 Å². The van der Waals surface area contributed by atoms with Gasteiger partial charge in [-0.25, -0.2) is 4.98 Å². The van der Waals surface area contributed by atoms with Gasteiger partial charge in [0.2, 0.25) is 0 Å². The third-order valence-electron chi connectivity index (χ3n) is 4.34. The predicted octanol–water partition coefficient (Wildman–Crippen LogP) is 1.68. The molecule has 28 heavy (non-hydrogen) atoms. The quantitative estimate of drug-likeness (QED) is 0.524. The first kappa shape index (κ1) is 18.5. The van der Waals surface area contributed by atoms with Gasteiger partial charge in [0.25, 0.3) is 5.56 Å². The van der Waals surface area contributed by atoms with E-state index >= 15 is 0 Å². The monoisotopic (exact) mass is 400 g/mol. The van der Waals surface area contributed by atoms with Gasteiger partial charge < -0.3 is 9.84 Å². The van der Waals surface area contributed by atoms with Gasteiger partial charge in [-0.2, -0.15) is 9.61 Å². The number of aliphatic hydroxyl groups is 1. The number of aromatic nitrogens is 6. The number of nitrogens with zero attached hydrogens (tertiary/aromatic N) is 6. The van der Waals surface area contributed by atoms with Crippen molar-refractivity contribution in [3.63, 3.8) is 0 Å². The topological polar surface area (TPSA) is 107 Å². The molecule has 9 nitrogen and oxygen atoms in total. The first-order chi connectivity index (χ1) is 13.6. The zero-order valence-corrected chi connectivity index (χ0v) is 15.8. The maximum atomic E-state index is 12.7. The van der Waals surface area contributed by atoms with Gasteiger partial charge in [-0.05, 0) is 24.1 Å². The molecule has 10 heteroatoms. The SMILES string of the molecule is COCc1nn2c(nnc3c(=O)n(CCCO)cnc32)c1-c1ccc(Cl)cc1. The summed E-state index contributed by atoms with van der Waals surface area (Å²) in [6.07, 6.45) is 1.88. The molecule has 3 heterocycles. The van der Waals surface area contributed by atoms with Crippen molar-refractivity contribution in [1.82, 2.24) is 29.4 Å². The number of fused-ring (bicyclic) bond motifs is 3. The van der Waals surface area contributed by atoms with E-state index in [0.29, 0.717) is 35.0 Å². The zero-order chi connectivity index (χ0) is 19.7. The average Bonchev–Trinajstić information content (AvgIpc) is 3.07. The normalized spacial score (nSPS) is 11.5. The van der Waals surface area contributed by atoms with E-state index in [1.165, 1.54) is 15.4 Å². The Morgan fingerprint density at radius 3 is 2.68 bits per heavy atom. The van der Waals surface area contributed by atoms with E-state index < -0.39 is 0 Å². The van der Waals surface area contributed by atoms with E-state index in [1.54, 1.807) is 19.2 Å². The molecule has 0 aliphatic rings. The number of benzene rings is 1. The van der Waals surface area contributed by atoms with Crippen molar-refractivity contribution >= 4 is 28.4 Å². The third-order valence-corrected chi connectivity index (χ3v) is 4.60. The number of aryl methyl sites for hydroxylation is 1. The van der Waals surface area contributed by atoms with Gasteiger partial charge in [-0.15, -0.1) is 10.2 Å². The molecule has 0 aliphatic carbocycles. The molecule has 0 bridgehead atoms. The standard InChI is InChI=1S/C18H17ClN6O3/c1-28-9-13-14(11-3-5-12(19)6-4-11)16-22-21-15-17(25(16)23-13)20-10-24(18(15)27)7-2-8-26/h3-6,10,26H,2,7-9H2,1H3. The number of hydrogen-bond donors (Lipinski definition) is 1. The lowest BCUT2D eigenvalue weighted by molar-refractivity contribution is 0.181. The molecule has 0 saturated heterocycles. The molecule has 4 rings (SSSR count). The van der Waals surface area contributed by atoms with E-state index in [4.69, 9.17) is 21.4 Å². The Morgan fingerprint density at radius 2 is 1.96 bits per heavy atom. The molecular formula is C18H17ClN6O3. The molecule has 1 N–H and O–H groups in total. The van der Waals surface area contributed by atoms with Crippen LogP contribution in [0.25, 0.3) is 27.9 Å². The molecule has 0 amide bonds. The molecule has 144 valence electrons. The molecule has 0 fully saturated rings. The fourth-order valence-corrected chi connectivity index (χ4v) is 3.18. The molecule has 3 aromatic heterocycles. The lowest BCUT2D eigenvalue weighted by Crippen LogP contribution is -2.23. The second kappa shape index (κ2) is 7.63. The summed E-state index contributed by atoms with van der Waals surface area (Å²) in [7, 11) is 1.58. The van der Waals surface area contributed by atoms with Crippen LogP contribution >= 0.6 is 11.6 Å². The summed E-state index contributed by atoms with van der Waals surface area (Å²) in [6, 6.07) is 7.29. The lowest BCUT2D eigenvalue weighted by Gasteiger charge is -2.05. The van der Waals surface area contributed by atoms with E-state index in [9.17, 15) is 4.79 Å². The second-order valence-corrected chi connectivity index (χ2v) is 6.63.